The van der Waals surface area contributed by atoms with E-state index < -0.39 is 17.9 Å². The van der Waals surface area contributed by atoms with E-state index in [9.17, 15) is 14.7 Å². The topological polar surface area (TPSA) is 66.8 Å². The normalized spacial score (nSPS) is 17.1. The minimum absolute atomic E-state index is 0.258. The van der Waals surface area contributed by atoms with E-state index >= 15 is 0 Å². The van der Waals surface area contributed by atoms with Gasteiger partial charge >= 0.3 is 0 Å². The average molecular weight is 472 g/mol. The first-order valence-electron chi connectivity index (χ1n) is 10.9. The van der Waals surface area contributed by atoms with Gasteiger partial charge in [-0.2, -0.15) is 0 Å². The third-order valence-corrected chi connectivity index (χ3v) is 6.57. The number of rotatable bonds is 6. The highest BCUT2D eigenvalue weighted by molar-refractivity contribution is 6.31. The van der Waals surface area contributed by atoms with Gasteiger partial charge in [-0.1, -0.05) is 54.1 Å². The Labute approximate surface area is 202 Å². The fourth-order valence-electron chi connectivity index (χ4n) is 4.56. The molecule has 0 aliphatic carbocycles. The number of aliphatic hydroxyl groups is 1. The van der Waals surface area contributed by atoms with Gasteiger partial charge in [-0.05, 0) is 58.8 Å². The van der Waals surface area contributed by atoms with E-state index in [2.05, 4.69) is 0 Å². The maximum Gasteiger partial charge on any atom is 0.264 e. The van der Waals surface area contributed by atoms with Crippen LogP contribution in [0.4, 0.5) is 5.69 Å². The van der Waals surface area contributed by atoms with Crippen molar-refractivity contribution >= 4 is 39.8 Å². The summed E-state index contributed by atoms with van der Waals surface area (Å²) in [6, 6.07) is 25.4. The molecule has 1 atom stereocenters. The van der Waals surface area contributed by atoms with Crippen LogP contribution in [-0.2, 0) is 16.9 Å². The molecule has 34 heavy (non-hydrogen) atoms. The second-order valence-corrected chi connectivity index (χ2v) is 8.82. The molecular weight excluding hydrogens is 450 g/mol. The van der Waals surface area contributed by atoms with Gasteiger partial charge in [-0.25, -0.2) is 0 Å². The van der Waals surface area contributed by atoms with Crippen molar-refractivity contribution in [1.82, 2.24) is 0 Å². The maximum atomic E-state index is 13.7. The average Bonchev–Trinajstić information content (AvgIpc) is 3.05. The lowest BCUT2D eigenvalue weighted by Crippen LogP contribution is -2.41. The number of nitrogens with zero attached hydrogens (tertiary/aromatic N) is 1. The summed E-state index contributed by atoms with van der Waals surface area (Å²) in [5, 5.41) is 14.1. The van der Waals surface area contributed by atoms with Crippen molar-refractivity contribution in [3.05, 3.63) is 107 Å². The van der Waals surface area contributed by atoms with Crippen LogP contribution in [0.2, 0.25) is 5.02 Å². The largest absolute Gasteiger partial charge is 0.497 e. The fraction of sp³-hybridized carbons (Fsp3) is 0.143. The summed E-state index contributed by atoms with van der Waals surface area (Å²) in [7, 11) is 1.54. The molecule has 1 heterocycles. The molecule has 0 saturated carbocycles. The Kier molecular flexibility index (Phi) is 5.60. The summed E-state index contributed by atoms with van der Waals surface area (Å²) < 4.78 is 5.14. The molecule has 6 heteroatoms. The molecule has 0 unspecified atom stereocenters. The molecule has 1 aliphatic heterocycles. The van der Waals surface area contributed by atoms with Crippen molar-refractivity contribution < 1.29 is 19.4 Å². The lowest BCUT2D eigenvalue weighted by molar-refractivity contribution is -0.136. The molecule has 0 bridgehead atoms. The van der Waals surface area contributed by atoms with Crippen LogP contribution in [-0.4, -0.2) is 23.9 Å². The fourth-order valence-corrected chi connectivity index (χ4v) is 4.73. The van der Waals surface area contributed by atoms with E-state index in [-0.39, 0.29) is 12.3 Å². The van der Waals surface area contributed by atoms with Crippen LogP contribution < -0.4 is 9.64 Å². The molecule has 5 rings (SSSR count). The predicted molar refractivity (Wildman–Crippen MR) is 132 cm³/mol. The molecule has 0 radical (unpaired) electrons. The van der Waals surface area contributed by atoms with Gasteiger partial charge in [0, 0.05) is 16.1 Å². The number of carbonyl (C=O) groups excluding carboxylic acids is 2. The quantitative estimate of drug-likeness (QED) is 0.376. The Hall–Kier alpha value is -3.67. The number of amides is 1. The summed E-state index contributed by atoms with van der Waals surface area (Å²) in [5.41, 5.74) is 0.206. The molecule has 5 nitrogen and oxygen atoms in total. The van der Waals surface area contributed by atoms with E-state index in [0.29, 0.717) is 27.6 Å². The minimum Gasteiger partial charge on any atom is -0.497 e. The smallest absolute Gasteiger partial charge is 0.264 e. The zero-order valence-electron chi connectivity index (χ0n) is 18.5. The van der Waals surface area contributed by atoms with E-state index in [1.54, 1.807) is 49.6 Å². The molecule has 1 N–H and O–H groups in total. The molecule has 4 aromatic carbocycles. The third-order valence-electron chi connectivity index (χ3n) is 6.33. The first-order chi connectivity index (χ1) is 16.4. The van der Waals surface area contributed by atoms with Crippen LogP contribution in [0.15, 0.2) is 84.9 Å². The van der Waals surface area contributed by atoms with E-state index in [1.807, 2.05) is 42.5 Å². The van der Waals surface area contributed by atoms with Gasteiger partial charge in [0.05, 0.1) is 25.8 Å². The number of Topliss-reactive ketones (excluding diaryl/α,β-unsaturated/α-hetero) is 1. The third kappa shape index (κ3) is 3.73. The van der Waals surface area contributed by atoms with Gasteiger partial charge in [0.2, 0.25) is 0 Å². The summed E-state index contributed by atoms with van der Waals surface area (Å²) >= 11 is 6.23. The van der Waals surface area contributed by atoms with Crippen LogP contribution in [0.3, 0.4) is 0 Å². The van der Waals surface area contributed by atoms with E-state index in [1.165, 1.54) is 4.90 Å². The second-order valence-electron chi connectivity index (χ2n) is 8.38. The Balaban J connectivity index is 1.52. The molecule has 0 aromatic heterocycles. The van der Waals surface area contributed by atoms with Crippen LogP contribution in [0.5, 0.6) is 5.75 Å². The second kappa shape index (κ2) is 8.60. The monoisotopic (exact) mass is 471 g/mol. The van der Waals surface area contributed by atoms with Crippen molar-refractivity contribution in [3.63, 3.8) is 0 Å². The van der Waals surface area contributed by atoms with Crippen LogP contribution >= 0.6 is 11.6 Å². The standard InChI is InChI=1S/C28H22ClNO4/c1-34-22-12-9-19(10-13-22)26(31)16-28(33)24-15-21(29)11-14-25(24)30(27(28)32)17-20-7-4-6-18-5-2-3-8-23(18)20/h2-15,33H,16-17H2,1H3/t28-/m1/s1. The minimum atomic E-state index is -2.01. The highest BCUT2D eigenvalue weighted by atomic mass is 35.5. The number of methoxy groups -OCH3 is 1. The Morgan fingerprint density at radius 1 is 1.00 bits per heavy atom. The lowest BCUT2D eigenvalue weighted by Gasteiger charge is -2.23. The number of halogens is 1. The molecule has 0 spiro atoms. The van der Waals surface area contributed by atoms with Gasteiger partial charge in [0.1, 0.15) is 5.75 Å². The Morgan fingerprint density at radius 3 is 2.50 bits per heavy atom. The highest BCUT2D eigenvalue weighted by Crippen LogP contribution is 2.45. The summed E-state index contributed by atoms with van der Waals surface area (Å²) in [6.45, 7) is 0.258. The first-order valence-corrected chi connectivity index (χ1v) is 11.3. The number of ether oxygens (including phenoxy) is 1. The van der Waals surface area contributed by atoms with Gasteiger partial charge in [0.15, 0.2) is 11.4 Å². The first kappa shape index (κ1) is 22.1. The SMILES string of the molecule is COc1ccc(C(=O)C[C@]2(O)C(=O)N(Cc3cccc4ccccc34)c3ccc(Cl)cc32)cc1. The van der Waals surface area contributed by atoms with Crippen molar-refractivity contribution in [3.8, 4) is 5.75 Å². The summed E-state index contributed by atoms with van der Waals surface area (Å²) in [4.78, 5) is 28.3. The molecular formula is C28H22ClNO4. The van der Waals surface area contributed by atoms with Crippen LogP contribution in [0.1, 0.15) is 27.9 Å². The molecule has 170 valence electrons. The van der Waals surface area contributed by atoms with Crippen molar-refractivity contribution in [1.29, 1.82) is 0 Å². The highest BCUT2D eigenvalue weighted by Gasteiger charge is 2.51. The molecule has 0 fully saturated rings. The van der Waals surface area contributed by atoms with Gasteiger partial charge < -0.3 is 14.7 Å². The van der Waals surface area contributed by atoms with Crippen molar-refractivity contribution in [2.24, 2.45) is 0 Å². The van der Waals surface area contributed by atoms with Gasteiger partial charge in [0.25, 0.3) is 5.91 Å². The zero-order chi connectivity index (χ0) is 23.9. The van der Waals surface area contributed by atoms with Gasteiger partial charge in [-0.15, -0.1) is 0 Å². The molecule has 1 aliphatic rings. The number of hydrogen-bond donors (Lipinski definition) is 1. The predicted octanol–water partition coefficient (Wildman–Crippen LogP) is 5.51. The molecule has 1 amide bonds. The summed E-state index contributed by atoms with van der Waals surface area (Å²) in [6.07, 6.45) is -0.391. The van der Waals surface area contributed by atoms with E-state index in [0.717, 1.165) is 16.3 Å². The Bertz CT molecular complexity index is 1410. The number of anilines is 1. The van der Waals surface area contributed by atoms with E-state index in [4.69, 9.17) is 16.3 Å². The number of hydrogen-bond acceptors (Lipinski definition) is 4. The van der Waals surface area contributed by atoms with Crippen molar-refractivity contribution in [2.45, 2.75) is 18.6 Å². The van der Waals surface area contributed by atoms with Gasteiger partial charge in [-0.3, -0.25) is 9.59 Å². The zero-order valence-corrected chi connectivity index (χ0v) is 19.3. The number of fused-ring (bicyclic) bond motifs is 2. The molecule has 4 aromatic rings. The van der Waals surface area contributed by atoms with Crippen molar-refractivity contribution in [2.75, 3.05) is 12.0 Å². The van der Waals surface area contributed by atoms with Crippen LogP contribution in [0, 0.1) is 0 Å². The number of carbonyl (C=O) groups is 2. The summed E-state index contributed by atoms with van der Waals surface area (Å²) in [5.74, 6) is -0.276. The Morgan fingerprint density at radius 2 is 1.74 bits per heavy atom. The number of benzene rings is 4. The maximum absolute atomic E-state index is 13.7. The number of ketones is 1. The van der Waals surface area contributed by atoms with Crippen LogP contribution in [0.25, 0.3) is 10.8 Å². The molecule has 0 saturated heterocycles. The lowest BCUT2D eigenvalue weighted by atomic mass is 9.88.